The van der Waals surface area contributed by atoms with E-state index in [1.54, 1.807) is 0 Å². The number of benzene rings is 1. The Kier molecular flexibility index (Phi) is 4.16. The van der Waals surface area contributed by atoms with Gasteiger partial charge < -0.3 is 10.2 Å². The van der Waals surface area contributed by atoms with E-state index < -0.39 is 0 Å². The Labute approximate surface area is 116 Å². The van der Waals surface area contributed by atoms with Crippen LogP contribution in [-0.2, 0) is 0 Å². The molecule has 3 heteroatoms. The van der Waals surface area contributed by atoms with Crippen molar-refractivity contribution in [3.05, 3.63) is 35.9 Å². The number of hydrogen-bond acceptors (Lipinski definition) is 3. The Morgan fingerprint density at radius 3 is 2.79 bits per heavy atom. The fraction of sp³-hybridized carbons (Fsp3) is 0.625. The van der Waals surface area contributed by atoms with E-state index in [-0.39, 0.29) is 0 Å². The molecule has 2 fully saturated rings. The van der Waals surface area contributed by atoms with Crippen LogP contribution in [0, 0.1) is 0 Å². The van der Waals surface area contributed by atoms with Gasteiger partial charge in [-0.15, -0.1) is 0 Å². The SMILES string of the molecule is CN1CCN(C[C@H]2CCCN2)C(c2ccccc2)C1. The van der Waals surface area contributed by atoms with Gasteiger partial charge in [0.2, 0.25) is 0 Å². The van der Waals surface area contributed by atoms with E-state index in [0.29, 0.717) is 12.1 Å². The van der Waals surface area contributed by atoms with Crippen molar-refractivity contribution in [3.63, 3.8) is 0 Å². The molecule has 1 N–H and O–H groups in total. The number of hydrogen-bond donors (Lipinski definition) is 1. The molecule has 2 aliphatic rings. The molecular weight excluding hydrogens is 234 g/mol. The summed E-state index contributed by atoms with van der Waals surface area (Å²) >= 11 is 0. The van der Waals surface area contributed by atoms with Gasteiger partial charge in [0.1, 0.15) is 0 Å². The van der Waals surface area contributed by atoms with Gasteiger partial charge in [0, 0.05) is 38.3 Å². The predicted octanol–water partition coefficient (Wildman–Crippen LogP) is 1.73. The van der Waals surface area contributed by atoms with Crippen molar-refractivity contribution in [3.8, 4) is 0 Å². The van der Waals surface area contributed by atoms with Gasteiger partial charge in [0.15, 0.2) is 0 Å². The Bertz CT molecular complexity index is 386. The highest BCUT2D eigenvalue weighted by molar-refractivity contribution is 5.20. The Morgan fingerprint density at radius 1 is 1.21 bits per heavy atom. The van der Waals surface area contributed by atoms with Crippen LogP contribution in [-0.4, -0.2) is 55.6 Å². The van der Waals surface area contributed by atoms with E-state index in [0.717, 1.165) is 6.54 Å². The van der Waals surface area contributed by atoms with Crippen molar-refractivity contribution in [1.29, 1.82) is 0 Å². The van der Waals surface area contributed by atoms with Gasteiger partial charge in [-0.2, -0.15) is 0 Å². The summed E-state index contributed by atoms with van der Waals surface area (Å²) in [5.74, 6) is 0. The van der Waals surface area contributed by atoms with E-state index in [9.17, 15) is 0 Å². The second-order valence-electron chi connectivity index (χ2n) is 5.98. The summed E-state index contributed by atoms with van der Waals surface area (Å²) in [6.07, 6.45) is 2.68. The lowest BCUT2D eigenvalue weighted by atomic mass is 10.0. The van der Waals surface area contributed by atoms with Gasteiger partial charge in [-0.1, -0.05) is 30.3 Å². The minimum Gasteiger partial charge on any atom is -0.313 e. The van der Waals surface area contributed by atoms with Crippen LogP contribution >= 0.6 is 0 Å². The third kappa shape index (κ3) is 3.16. The molecule has 104 valence electrons. The lowest BCUT2D eigenvalue weighted by Gasteiger charge is -2.41. The maximum atomic E-state index is 3.63. The van der Waals surface area contributed by atoms with Crippen molar-refractivity contribution in [2.45, 2.75) is 24.9 Å². The summed E-state index contributed by atoms with van der Waals surface area (Å²) < 4.78 is 0. The van der Waals surface area contributed by atoms with Crippen LogP contribution < -0.4 is 5.32 Å². The van der Waals surface area contributed by atoms with Crippen LogP contribution in [0.5, 0.6) is 0 Å². The fourth-order valence-electron chi connectivity index (χ4n) is 3.36. The zero-order chi connectivity index (χ0) is 13.1. The summed E-state index contributed by atoms with van der Waals surface area (Å²) in [7, 11) is 2.24. The highest BCUT2D eigenvalue weighted by Gasteiger charge is 2.28. The van der Waals surface area contributed by atoms with Gasteiger partial charge in [-0.3, -0.25) is 4.90 Å². The van der Waals surface area contributed by atoms with E-state index in [2.05, 4.69) is 52.5 Å². The topological polar surface area (TPSA) is 18.5 Å². The molecule has 0 saturated carbocycles. The molecule has 2 atom stereocenters. The highest BCUT2D eigenvalue weighted by Crippen LogP contribution is 2.25. The summed E-state index contributed by atoms with van der Waals surface area (Å²) in [5.41, 5.74) is 1.46. The van der Waals surface area contributed by atoms with E-state index in [4.69, 9.17) is 0 Å². The molecule has 0 bridgehead atoms. The smallest absolute Gasteiger partial charge is 0.0476 e. The summed E-state index contributed by atoms with van der Waals surface area (Å²) in [6.45, 7) is 5.93. The Morgan fingerprint density at radius 2 is 2.05 bits per heavy atom. The summed E-state index contributed by atoms with van der Waals surface area (Å²) in [5, 5.41) is 3.63. The van der Waals surface area contributed by atoms with Crippen LogP contribution in [0.4, 0.5) is 0 Å². The Balaban J connectivity index is 1.72. The van der Waals surface area contributed by atoms with Crippen molar-refractivity contribution in [2.75, 3.05) is 39.8 Å². The summed E-state index contributed by atoms with van der Waals surface area (Å²) in [4.78, 5) is 5.13. The molecule has 0 amide bonds. The molecule has 1 aromatic carbocycles. The van der Waals surface area contributed by atoms with Crippen LogP contribution in [0.2, 0.25) is 0 Å². The average molecular weight is 259 g/mol. The lowest BCUT2D eigenvalue weighted by molar-refractivity contribution is 0.0824. The minimum atomic E-state index is 0.558. The lowest BCUT2D eigenvalue weighted by Crippen LogP contribution is -2.50. The normalized spacial score (nSPS) is 29.7. The van der Waals surface area contributed by atoms with Crippen LogP contribution in [0.1, 0.15) is 24.4 Å². The molecule has 3 rings (SSSR count). The summed E-state index contributed by atoms with van der Waals surface area (Å²) in [6, 6.07) is 12.2. The van der Waals surface area contributed by atoms with Gasteiger partial charge in [-0.25, -0.2) is 0 Å². The number of rotatable bonds is 3. The largest absolute Gasteiger partial charge is 0.313 e. The number of likely N-dealkylation sites (N-methyl/N-ethyl adjacent to an activating group) is 1. The minimum absolute atomic E-state index is 0.558. The number of piperazine rings is 1. The fourth-order valence-corrected chi connectivity index (χ4v) is 3.36. The third-order valence-electron chi connectivity index (χ3n) is 4.50. The predicted molar refractivity (Wildman–Crippen MR) is 79.3 cm³/mol. The monoisotopic (exact) mass is 259 g/mol. The van der Waals surface area contributed by atoms with Crippen molar-refractivity contribution in [1.82, 2.24) is 15.1 Å². The van der Waals surface area contributed by atoms with E-state index >= 15 is 0 Å². The quantitative estimate of drug-likeness (QED) is 0.892. The van der Waals surface area contributed by atoms with Crippen LogP contribution in [0.3, 0.4) is 0 Å². The molecule has 0 aromatic heterocycles. The first-order valence-corrected chi connectivity index (χ1v) is 7.54. The molecule has 19 heavy (non-hydrogen) atoms. The maximum Gasteiger partial charge on any atom is 0.0476 e. The van der Waals surface area contributed by atoms with Crippen molar-refractivity contribution < 1.29 is 0 Å². The molecule has 2 saturated heterocycles. The van der Waals surface area contributed by atoms with Gasteiger partial charge in [-0.05, 0) is 32.0 Å². The molecule has 0 spiro atoms. The molecule has 3 nitrogen and oxygen atoms in total. The molecule has 0 radical (unpaired) electrons. The average Bonchev–Trinajstić information content (AvgIpc) is 2.95. The van der Waals surface area contributed by atoms with Gasteiger partial charge in [0.25, 0.3) is 0 Å². The zero-order valence-corrected chi connectivity index (χ0v) is 11.9. The maximum absolute atomic E-state index is 3.63. The zero-order valence-electron chi connectivity index (χ0n) is 11.9. The first-order valence-electron chi connectivity index (χ1n) is 7.54. The molecule has 2 aliphatic heterocycles. The molecule has 1 aromatic rings. The highest BCUT2D eigenvalue weighted by atomic mass is 15.3. The molecule has 2 heterocycles. The first kappa shape index (κ1) is 13.1. The van der Waals surface area contributed by atoms with Gasteiger partial charge in [0.05, 0.1) is 0 Å². The van der Waals surface area contributed by atoms with Crippen molar-refractivity contribution in [2.24, 2.45) is 0 Å². The molecular formula is C16H25N3. The molecule has 1 unspecified atom stereocenters. The number of nitrogens with zero attached hydrogens (tertiary/aromatic N) is 2. The van der Waals surface area contributed by atoms with Crippen LogP contribution in [0.25, 0.3) is 0 Å². The third-order valence-corrected chi connectivity index (χ3v) is 4.50. The second-order valence-corrected chi connectivity index (χ2v) is 5.98. The first-order chi connectivity index (χ1) is 9.33. The van der Waals surface area contributed by atoms with Crippen molar-refractivity contribution >= 4 is 0 Å². The molecule has 0 aliphatic carbocycles. The van der Waals surface area contributed by atoms with Gasteiger partial charge >= 0.3 is 0 Å². The second kappa shape index (κ2) is 6.04. The van der Waals surface area contributed by atoms with E-state index in [1.807, 2.05) is 0 Å². The standard InChI is InChI=1S/C16H25N3/c1-18-10-11-19(12-15-8-5-9-17-15)16(13-18)14-6-3-2-4-7-14/h2-4,6-7,15-17H,5,8-13H2,1H3/t15-,16?/m1/s1. The van der Waals surface area contributed by atoms with E-state index in [1.165, 1.54) is 44.6 Å². The van der Waals surface area contributed by atoms with Crippen LogP contribution in [0.15, 0.2) is 30.3 Å². The number of nitrogens with one attached hydrogen (secondary N) is 1. The Hall–Kier alpha value is -0.900.